The molecule has 1 aromatic rings. The lowest BCUT2D eigenvalue weighted by molar-refractivity contribution is 0.453. The number of oxazole rings is 1. The van der Waals surface area contributed by atoms with E-state index in [1.165, 1.54) is 25.7 Å². The molecule has 0 aliphatic heterocycles. The van der Waals surface area contributed by atoms with Crippen LogP contribution in [-0.2, 0) is 0 Å². The highest BCUT2D eigenvalue weighted by Gasteiger charge is 2.13. The molecule has 1 fully saturated rings. The van der Waals surface area contributed by atoms with E-state index >= 15 is 0 Å². The maximum atomic E-state index is 5.13. The minimum absolute atomic E-state index is 0.764. The van der Waals surface area contributed by atoms with Gasteiger partial charge in [-0.1, -0.05) is 24.6 Å². The van der Waals surface area contributed by atoms with Gasteiger partial charge in [-0.3, -0.25) is 0 Å². The molecule has 0 atom stereocenters. The molecule has 0 radical (unpaired) electrons. The Morgan fingerprint density at radius 3 is 3.07 bits per heavy atom. The van der Waals surface area contributed by atoms with Gasteiger partial charge in [-0.15, -0.1) is 0 Å². The molecule has 0 bridgehead atoms. The first-order valence-electron chi connectivity index (χ1n) is 5.21. The first kappa shape index (κ1) is 10.1. The maximum absolute atomic E-state index is 5.13. The SMILES string of the molecule is c1coc(SCCNC2CCCC2)n1. The lowest BCUT2D eigenvalue weighted by Crippen LogP contribution is -2.27. The van der Waals surface area contributed by atoms with E-state index in [1.807, 2.05) is 0 Å². The predicted octanol–water partition coefficient (Wildman–Crippen LogP) is 2.30. The fourth-order valence-electron chi connectivity index (χ4n) is 1.81. The molecular weight excluding hydrogens is 196 g/mol. The number of rotatable bonds is 5. The number of thioether (sulfide) groups is 1. The van der Waals surface area contributed by atoms with Gasteiger partial charge >= 0.3 is 0 Å². The minimum Gasteiger partial charge on any atom is -0.440 e. The van der Waals surface area contributed by atoms with Crippen molar-refractivity contribution in [2.75, 3.05) is 12.3 Å². The van der Waals surface area contributed by atoms with Gasteiger partial charge in [-0.05, 0) is 12.8 Å². The molecule has 0 amide bonds. The normalized spacial score (nSPS) is 17.7. The van der Waals surface area contributed by atoms with Gasteiger partial charge < -0.3 is 9.73 Å². The molecule has 0 unspecified atom stereocenters. The summed E-state index contributed by atoms with van der Waals surface area (Å²) in [5, 5.41) is 4.33. The van der Waals surface area contributed by atoms with Gasteiger partial charge in [-0.25, -0.2) is 4.98 Å². The molecule has 1 aliphatic carbocycles. The summed E-state index contributed by atoms with van der Waals surface area (Å²) in [6.07, 6.45) is 8.79. The largest absolute Gasteiger partial charge is 0.440 e. The van der Waals surface area contributed by atoms with Crippen LogP contribution in [0.15, 0.2) is 22.1 Å². The third-order valence-corrected chi connectivity index (χ3v) is 3.38. The summed E-state index contributed by atoms with van der Waals surface area (Å²) in [5.41, 5.74) is 0. The number of nitrogens with one attached hydrogen (secondary N) is 1. The van der Waals surface area contributed by atoms with Crippen LogP contribution in [0.5, 0.6) is 0 Å². The highest BCUT2D eigenvalue weighted by atomic mass is 32.2. The molecule has 14 heavy (non-hydrogen) atoms. The van der Waals surface area contributed by atoms with E-state index in [0.29, 0.717) is 0 Å². The van der Waals surface area contributed by atoms with E-state index in [0.717, 1.165) is 23.6 Å². The number of hydrogen-bond acceptors (Lipinski definition) is 4. The third-order valence-electron chi connectivity index (χ3n) is 2.53. The Morgan fingerprint density at radius 2 is 2.36 bits per heavy atom. The summed E-state index contributed by atoms with van der Waals surface area (Å²) in [4.78, 5) is 4.05. The Morgan fingerprint density at radius 1 is 1.50 bits per heavy atom. The zero-order valence-corrected chi connectivity index (χ0v) is 9.05. The van der Waals surface area contributed by atoms with Crippen molar-refractivity contribution < 1.29 is 4.42 Å². The Labute approximate surface area is 88.7 Å². The van der Waals surface area contributed by atoms with Crippen molar-refractivity contribution in [3.8, 4) is 0 Å². The molecule has 1 saturated carbocycles. The van der Waals surface area contributed by atoms with Gasteiger partial charge in [0.05, 0.1) is 6.20 Å². The van der Waals surface area contributed by atoms with Gasteiger partial charge in [0.2, 0.25) is 0 Å². The molecule has 0 aromatic carbocycles. The molecule has 2 rings (SSSR count). The van der Waals surface area contributed by atoms with Crippen LogP contribution >= 0.6 is 11.8 Å². The summed E-state index contributed by atoms with van der Waals surface area (Å²) < 4.78 is 5.13. The van der Waals surface area contributed by atoms with Gasteiger partial charge in [0.1, 0.15) is 6.26 Å². The van der Waals surface area contributed by atoms with Crippen molar-refractivity contribution >= 4 is 11.8 Å². The minimum atomic E-state index is 0.764. The first-order valence-corrected chi connectivity index (χ1v) is 6.19. The number of hydrogen-bond donors (Lipinski definition) is 1. The fraction of sp³-hybridized carbons (Fsp3) is 0.700. The van der Waals surface area contributed by atoms with E-state index in [1.54, 1.807) is 24.2 Å². The summed E-state index contributed by atoms with van der Waals surface area (Å²) in [6.45, 7) is 1.05. The van der Waals surface area contributed by atoms with Crippen LogP contribution in [0.3, 0.4) is 0 Å². The van der Waals surface area contributed by atoms with Crippen LogP contribution in [0.1, 0.15) is 25.7 Å². The predicted molar refractivity (Wildman–Crippen MR) is 57.5 cm³/mol. The van der Waals surface area contributed by atoms with Crippen LogP contribution in [0.25, 0.3) is 0 Å². The van der Waals surface area contributed by atoms with Gasteiger partial charge in [-0.2, -0.15) is 0 Å². The monoisotopic (exact) mass is 212 g/mol. The molecule has 1 aromatic heterocycles. The summed E-state index contributed by atoms with van der Waals surface area (Å²) in [5.74, 6) is 1.04. The molecule has 0 saturated heterocycles. The van der Waals surface area contributed by atoms with E-state index in [-0.39, 0.29) is 0 Å². The Bertz CT molecular complexity index is 245. The van der Waals surface area contributed by atoms with Crippen molar-refractivity contribution in [2.24, 2.45) is 0 Å². The lowest BCUT2D eigenvalue weighted by Gasteiger charge is -2.10. The van der Waals surface area contributed by atoms with Crippen molar-refractivity contribution in [3.05, 3.63) is 12.5 Å². The second-order valence-electron chi connectivity index (χ2n) is 3.58. The average molecular weight is 212 g/mol. The van der Waals surface area contributed by atoms with E-state index < -0.39 is 0 Å². The quantitative estimate of drug-likeness (QED) is 0.600. The Balaban J connectivity index is 1.55. The molecule has 0 spiro atoms. The van der Waals surface area contributed by atoms with Crippen LogP contribution < -0.4 is 5.32 Å². The van der Waals surface area contributed by atoms with Crippen LogP contribution in [0.2, 0.25) is 0 Å². The smallest absolute Gasteiger partial charge is 0.255 e. The highest BCUT2D eigenvalue weighted by Crippen LogP contribution is 2.18. The first-order chi connectivity index (χ1) is 6.95. The van der Waals surface area contributed by atoms with Crippen molar-refractivity contribution in [1.29, 1.82) is 0 Å². The zero-order chi connectivity index (χ0) is 9.64. The van der Waals surface area contributed by atoms with Crippen LogP contribution in [-0.4, -0.2) is 23.3 Å². The van der Waals surface area contributed by atoms with Crippen LogP contribution in [0, 0.1) is 0 Å². The van der Waals surface area contributed by atoms with Crippen molar-refractivity contribution in [3.63, 3.8) is 0 Å². The summed E-state index contributed by atoms with van der Waals surface area (Å²) in [7, 11) is 0. The molecule has 4 heteroatoms. The van der Waals surface area contributed by atoms with E-state index in [4.69, 9.17) is 4.42 Å². The van der Waals surface area contributed by atoms with E-state index in [9.17, 15) is 0 Å². The Kier molecular flexibility index (Phi) is 3.89. The van der Waals surface area contributed by atoms with Crippen molar-refractivity contribution in [1.82, 2.24) is 10.3 Å². The van der Waals surface area contributed by atoms with Gasteiger partial charge in [0.15, 0.2) is 0 Å². The van der Waals surface area contributed by atoms with Crippen molar-refractivity contribution in [2.45, 2.75) is 36.9 Å². The maximum Gasteiger partial charge on any atom is 0.255 e. The number of nitrogens with zero attached hydrogens (tertiary/aromatic N) is 1. The molecular formula is C10H16N2OS. The van der Waals surface area contributed by atoms with Gasteiger partial charge in [0, 0.05) is 18.3 Å². The molecule has 1 N–H and O–H groups in total. The molecule has 1 heterocycles. The topological polar surface area (TPSA) is 38.1 Å². The van der Waals surface area contributed by atoms with E-state index in [2.05, 4.69) is 10.3 Å². The second-order valence-corrected chi connectivity index (χ2v) is 4.63. The lowest BCUT2D eigenvalue weighted by atomic mass is 10.2. The van der Waals surface area contributed by atoms with Gasteiger partial charge in [0.25, 0.3) is 5.22 Å². The zero-order valence-electron chi connectivity index (χ0n) is 8.24. The Hall–Kier alpha value is -0.480. The molecule has 1 aliphatic rings. The number of aromatic nitrogens is 1. The second kappa shape index (κ2) is 5.41. The highest BCUT2D eigenvalue weighted by molar-refractivity contribution is 7.99. The molecule has 3 nitrogen and oxygen atoms in total. The summed E-state index contributed by atoms with van der Waals surface area (Å²) >= 11 is 1.67. The standard InChI is InChI=1S/C10H16N2OS/c1-2-4-9(3-1)11-6-8-14-10-12-5-7-13-10/h5,7,9,11H,1-4,6,8H2. The van der Waals surface area contributed by atoms with Crippen LogP contribution in [0.4, 0.5) is 0 Å². The average Bonchev–Trinajstić information content (AvgIpc) is 2.86. The third kappa shape index (κ3) is 3.03. The molecule has 78 valence electrons. The summed E-state index contributed by atoms with van der Waals surface area (Å²) in [6, 6.07) is 0.764. The fourth-order valence-corrected chi connectivity index (χ4v) is 2.47.